The molecule has 0 saturated heterocycles. The quantitative estimate of drug-likeness (QED) is 0.886. The molecule has 0 radical (unpaired) electrons. The Kier molecular flexibility index (Phi) is 4.43. The molecule has 0 atom stereocenters. The third-order valence-electron chi connectivity index (χ3n) is 4.53. The number of nitrogens with one attached hydrogen (secondary N) is 1. The van der Waals surface area contributed by atoms with Gasteiger partial charge in [-0.2, -0.15) is 0 Å². The number of hydrogen-bond acceptors (Lipinski definition) is 3. The van der Waals surface area contributed by atoms with Gasteiger partial charge in [-0.05, 0) is 60.6 Å². The summed E-state index contributed by atoms with van der Waals surface area (Å²) >= 11 is 0. The first kappa shape index (κ1) is 16.3. The number of rotatable bonds is 4. The molecule has 1 aliphatic heterocycles. The number of Topliss-reactive ketones (excluding diaryl/α,β-unsaturated/α-hetero) is 1. The number of aryl methyl sites for hydroxylation is 3. The summed E-state index contributed by atoms with van der Waals surface area (Å²) < 4.78 is 0. The number of phenolic OH excluding ortho intramolecular Hbond substituents is 1. The van der Waals surface area contributed by atoms with E-state index in [0.29, 0.717) is 18.6 Å². The fourth-order valence-electron chi connectivity index (χ4n) is 3.29. The largest absolute Gasteiger partial charge is 0.507 e. The summed E-state index contributed by atoms with van der Waals surface area (Å²) in [5, 5.41) is 13.1. The van der Waals surface area contributed by atoms with Gasteiger partial charge in [-0.3, -0.25) is 4.79 Å². The highest BCUT2D eigenvalue weighted by molar-refractivity contribution is 5.83. The van der Waals surface area contributed by atoms with E-state index >= 15 is 0 Å². The summed E-state index contributed by atoms with van der Waals surface area (Å²) in [6, 6.07) is 9.96. The van der Waals surface area contributed by atoms with Crippen molar-refractivity contribution in [3.05, 3.63) is 70.4 Å². The summed E-state index contributed by atoms with van der Waals surface area (Å²) in [5.41, 5.74) is 7.06. The minimum absolute atomic E-state index is 0.188. The van der Waals surface area contributed by atoms with Gasteiger partial charge >= 0.3 is 0 Å². The van der Waals surface area contributed by atoms with Crippen molar-refractivity contribution < 1.29 is 9.90 Å². The van der Waals surface area contributed by atoms with Crippen LogP contribution in [-0.2, 0) is 24.1 Å². The molecule has 24 heavy (non-hydrogen) atoms. The fraction of sp³-hybridized carbons (Fsp3) is 0.286. The van der Waals surface area contributed by atoms with Crippen LogP contribution < -0.4 is 5.32 Å². The monoisotopic (exact) mass is 321 g/mol. The molecule has 3 rings (SSSR count). The van der Waals surface area contributed by atoms with E-state index in [9.17, 15) is 9.90 Å². The number of allylic oxidation sites excluding steroid dienone is 1. The van der Waals surface area contributed by atoms with Crippen molar-refractivity contribution in [3.63, 3.8) is 0 Å². The Balaban J connectivity index is 1.70. The highest BCUT2D eigenvalue weighted by atomic mass is 16.3. The Hall–Kier alpha value is -2.55. The van der Waals surface area contributed by atoms with Gasteiger partial charge in [0.2, 0.25) is 0 Å². The second kappa shape index (κ2) is 6.52. The van der Waals surface area contributed by atoms with Gasteiger partial charge in [0, 0.05) is 24.2 Å². The van der Waals surface area contributed by atoms with Crippen LogP contribution in [0.25, 0.3) is 0 Å². The molecule has 0 spiro atoms. The molecule has 0 saturated carbocycles. The van der Waals surface area contributed by atoms with Gasteiger partial charge in [0.15, 0.2) is 0 Å². The normalized spacial score (nSPS) is 13.3. The third kappa shape index (κ3) is 3.51. The Bertz CT molecular complexity index is 798. The van der Waals surface area contributed by atoms with Gasteiger partial charge in [-0.25, -0.2) is 0 Å². The van der Waals surface area contributed by atoms with Crippen molar-refractivity contribution in [3.8, 4) is 5.75 Å². The molecule has 2 aromatic carbocycles. The van der Waals surface area contributed by atoms with Gasteiger partial charge < -0.3 is 10.4 Å². The molecule has 2 aromatic rings. The van der Waals surface area contributed by atoms with Crippen LogP contribution in [0.3, 0.4) is 0 Å². The van der Waals surface area contributed by atoms with Crippen LogP contribution in [0.2, 0.25) is 0 Å². The Labute approximate surface area is 143 Å². The van der Waals surface area contributed by atoms with E-state index in [4.69, 9.17) is 0 Å². The summed E-state index contributed by atoms with van der Waals surface area (Å²) in [6.07, 6.45) is 2.75. The molecule has 3 nitrogen and oxygen atoms in total. The maximum atomic E-state index is 12.4. The highest BCUT2D eigenvalue weighted by Gasteiger charge is 2.13. The number of benzene rings is 2. The number of carbonyl (C=O) groups excluding carboxylic acids is 1. The number of fused-ring (bicyclic) bond motifs is 1. The molecular weight excluding hydrogens is 298 g/mol. The maximum absolute atomic E-state index is 12.4. The highest BCUT2D eigenvalue weighted by Crippen LogP contribution is 2.27. The van der Waals surface area contributed by atoms with Gasteiger partial charge in [0.25, 0.3) is 0 Å². The molecule has 1 heterocycles. The van der Waals surface area contributed by atoms with Crippen LogP contribution in [0.15, 0.2) is 42.6 Å². The predicted octanol–water partition coefficient (Wildman–Crippen LogP) is 4.24. The van der Waals surface area contributed by atoms with Gasteiger partial charge in [-0.1, -0.05) is 30.8 Å². The Morgan fingerprint density at radius 3 is 2.46 bits per heavy atom. The second-order valence-electron chi connectivity index (χ2n) is 6.69. The molecule has 1 aliphatic rings. The number of carbonyl (C=O) groups is 1. The van der Waals surface area contributed by atoms with E-state index in [1.54, 1.807) is 0 Å². The lowest BCUT2D eigenvalue weighted by Gasteiger charge is -2.20. The van der Waals surface area contributed by atoms with Crippen LogP contribution in [0, 0.1) is 13.8 Å². The first-order valence-corrected chi connectivity index (χ1v) is 8.30. The molecule has 3 heteroatoms. The molecule has 0 bridgehead atoms. The van der Waals surface area contributed by atoms with Crippen molar-refractivity contribution in [2.45, 2.75) is 39.5 Å². The minimum atomic E-state index is 0.188. The molecule has 0 fully saturated rings. The molecule has 0 amide bonds. The van der Waals surface area contributed by atoms with Crippen molar-refractivity contribution in [2.24, 2.45) is 0 Å². The molecule has 0 unspecified atom stereocenters. The average molecular weight is 321 g/mol. The smallest absolute Gasteiger partial charge is 0.141 e. The zero-order valence-electron chi connectivity index (χ0n) is 14.3. The first-order valence-electron chi connectivity index (χ1n) is 8.30. The van der Waals surface area contributed by atoms with Crippen LogP contribution >= 0.6 is 0 Å². The summed E-state index contributed by atoms with van der Waals surface area (Å²) in [6.45, 7) is 7.69. The van der Waals surface area contributed by atoms with E-state index in [-0.39, 0.29) is 5.78 Å². The zero-order valence-corrected chi connectivity index (χ0v) is 14.3. The van der Waals surface area contributed by atoms with E-state index in [1.165, 1.54) is 5.56 Å². The summed E-state index contributed by atoms with van der Waals surface area (Å²) in [4.78, 5) is 12.4. The van der Waals surface area contributed by atoms with Gasteiger partial charge in [0.05, 0.1) is 0 Å². The first-order chi connectivity index (χ1) is 11.4. The zero-order chi connectivity index (χ0) is 17.3. The molecule has 2 N–H and O–H groups in total. The Morgan fingerprint density at radius 2 is 1.75 bits per heavy atom. The van der Waals surface area contributed by atoms with Crippen LogP contribution in [0.1, 0.15) is 34.2 Å². The predicted molar refractivity (Wildman–Crippen MR) is 97.5 cm³/mol. The van der Waals surface area contributed by atoms with Crippen LogP contribution in [0.5, 0.6) is 5.75 Å². The van der Waals surface area contributed by atoms with E-state index in [2.05, 4.69) is 18.0 Å². The van der Waals surface area contributed by atoms with Crippen molar-refractivity contribution in [1.29, 1.82) is 0 Å². The fourth-order valence-corrected chi connectivity index (χ4v) is 3.29. The second-order valence-corrected chi connectivity index (χ2v) is 6.69. The third-order valence-corrected chi connectivity index (χ3v) is 4.53. The van der Waals surface area contributed by atoms with Crippen molar-refractivity contribution in [2.75, 3.05) is 5.32 Å². The van der Waals surface area contributed by atoms with Crippen molar-refractivity contribution >= 4 is 11.5 Å². The molecule has 0 aliphatic carbocycles. The number of phenols is 1. The SMILES string of the molecule is C=C1CCc2cc(CC(=O)Cc3cc(C)c(O)c(C)c3)ccc2N1. The Morgan fingerprint density at radius 1 is 1.08 bits per heavy atom. The molecular formula is C21H23NO2. The van der Waals surface area contributed by atoms with E-state index in [1.807, 2.05) is 38.1 Å². The lowest BCUT2D eigenvalue weighted by atomic mass is 9.95. The van der Waals surface area contributed by atoms with Gasteiger partial charge in [0.1, 0.15) is 11.5 Å². The topological polar surface area (TPSA) is 49.3 Å². The number of anilines is 1. The summed E-state index contributed by atoms with van der Waals surface area (Å²) in [7, 11) is 0. The number of aromatic hydroxyl groups is 1. The minimum Gasteiger partial charge on any atom is -0.507 e. The van der Waals surface area contributed by atoms with Gasteiger partial charge in [-0.15, -0.1) is 0 Å². The standard InChI is InChI=1S/C21H23NO2/c1-13-8-17(9-14(2)21(13)24)12-19(23)11-16-5-7-20-18(10-16)6-4-15(3)22-20/h5,7-10,22,24H,3-4,6,11-12H2,1-2H3. The number of ketones is 1. The maximum Gasteiger partial charge on any atom is 0.141 e. The lowest BCUT2D eigenvalue weighted by Crippen LogP contribution is -2.11. The lowest BCUT2D eigenvalue weighted by molar-refractivity contribution is -0.117. The van der Waals surface area contributed by atoms with E-state index < -0.39 is 0 Å². The summed E-state index contributed by atoms with van der Waals surface area (Å²) in [5.74, 6) is 0.502. The van der Waals surface area contributed by atoms with Crippen LogP contribution in [0.4, 0.5) is 5.69 Å². The van der Waals surface area contributed by atoms with E-state index in [0.717, 1.165) is 46.5 Å². The molecule has 0 aromatic heterocycles. The molecule has 124 valence electrons. The van der Waals surface area contributed by atoms with Crippen molar-refractivity contribution in [1.82, 2.24) is 0 Å². The number of hydrogen-bond donors (Lipinski definition) is 2. The van der Waals surface area contributed by atoms with Crippen LogP contribution in [-0.4, -0.2) is 10.9 Å². The average Bonchev–Trinajstić information content (AvgIpc) is 2.52.